The summed E-state index contributed by atoms with van der Waals surface area (Å²) in [5, 5.41) is 0. The Balaban J connectivity index is 2.65. The molecular formula is C10H16N4O2. The van der Waals surface area contributed by atoms with Crippen molar-refractivity contribution in [1.29, 1.82) is 0 Å². The molecule has 0 aliphatic rings. The van der Waals surface area contributed by atoms with Crippen molar-refractivity contribution in [2.75, 3.05) is 33.4 Å². The Kier molecular flexibility index (Phi) is 3.55. The average molecular weight is 224 g/mol. The van der Waals surface area contributed by atoms with E-state index in [1.165, 1.54) is 16.0 Å². The summed E-state index contributed by atoms with van der Waals surface area (Å²) in [6, 6.07) is 1.54. The summed E-state index contributed by atoms with van der Waals surface area (Å²) in [5.74, 6) is -0.387. The molecule has 2 amide bonds. The molecule has 0 radical (unpaired) electrons. The van der Waals surface area contributed by atoms with Gasteiger partial charge in [0.05, 0.1) is 6.54 Å². The molecule has 1 heterocycles. The van der Waals surface area contributed by atoms with Crippen molar-refractivity contribution in [3.63, 3.8) is 0 Å². The number of rotatable bonds is 3. The third-order valence-corrected chi connectivity index (χ3v) is 2.15. The van der Waals surface area contributed by atoms with Crippen LogP contribution < -0.4 is 5.73 Å². The topological polar surface area (TPSA) is 82.4 Å². The highest BCUT2D eigenvalue weighted by Crippen LogP contribution is 2.07. The van der Waals surface area contributed by atoms with Crippen molar-refractivity contribution in [3.8, 4) is 0 Å². The lowest BCUT2D eigenvalue weighted by Gasteiger charge is -2.18. The Bertz CT molecular complexity index is 397. The summed E-state index contributed by atoms with van der Waals surface area (Å²) >= 11 is 0. The normalized spacial score (nSPS) is 9.94. The smallest absolute Gasteiger partial charge is 0.270 e. The van der Waals surface area contributed by atoms with Gasteiger partial charge in [-0.15, -0.1) is 0 Å². The first kappa shape index (κ1) is 12.1. The van der Waals surface area contributed by atoms with Crippen LogP contribution in [0, 0.1) is 0 Å². The Morgan fingerprint density at radius 2 is 2.00 bits per heavy atom. The fourth-order valence-electron chi connectivity index (χ4n) is 1.16. The molecule has 16 heavy (non-hydrogen) atoms. The third-order valence-electron chi connectivity index (χ3n) is 2.15. The first-order valence-electron chi connectivity index (χ1n) is 4.81. The SMILES string of the molecule is CN(C)C(=O)CN(C)C(=O)c1cc(N)c[nH]1. The maximum Gasteiger partial charge on any atom is 0.270 e. The summed E-state index contributed by atoms with van der Waals surface area (Å²) in [5.41, 5.74) is 6.37. The molecule has 6 heteroatoms. The Morgan fingerprint density at radius 1 is 1.38 bits per heavy atom. The largest absolute Gasteiger partial charge is 0.397 e. The Hall–Kier alpha value is -1.98. The third kappa shape index (κ3) is 2.75. The van der Waals surface area contributed by atoms with E-state index < -0.39 is 0 Å². The second-order valence-electron chi connectivity index (χ2n) is 3.80. The van der Waals surface area contributed by atoms with E-state index in [0.717, 1.165) is 0 Å². The number of nitrogens with one attached hydrogen (secondary N) is 1. The van der Waals surface area contributed by atoms with Gasteiger partial charge in [-0.1, -0.05) is 0 Å². The molecule has 0 bridgehead atoms. The van der Waals surface area contributed by atoms with E-state index in [1.54, 1.807) is 27.2 Å². The van der Waals surface area contributed by atoms with Crippen LogP contribution in [0.2, 0.25) is 0 Å². The number of anilines is 1. The first-order valence-corrected chi connectivity index (χ1v) is 4.81. The van der Waals surface area contributed by atoms with Crippen LogP contribution in [0.25, 0.3) is 0 Å². The van der Waals surface area contributed by atoms with Gasteiger partial charge in [-0.05, 0) is 6.07 Å². The van der Waals surface area contributed by atoms with Crippen LogP contribution in [0.3, 0.4) is 0 Å². The number of carbonyl (C=O) groups excluding carboxylic acids is 2. The molecule has 0 saturated carbocycles. The minimum atomic E-state index is -0.257. The number of hydrogen-bond acceptors (Lipinski definition) is 3. The molecule has 6 nitrogen and oxygen atoms in total. The van der Waals surface area contributed by atoms with Crippen LogP contribution >= 0.6 is 0 Å². The van der Waals surface area contributed by atoms with Crippen LogP contribution in [-0.2, 0) is 4.79 Å². The molecule has 0 fully saturated rings. The molecular weight excluding hydrogens is 208 g/mol. The van der Waals surface area contributed by atoms with E-state index in [9.17, 15) is 9.59 Å². The van der Waals surface area contributed by atoms with Crippen molar-refractivity contribution < 1.29 is 9.59 Å². The van der Waals surface area contributed by atoms with Gasteiger partial charge < -0.3 is 20.5 Å². The van der Waals surface area contributed by atoms with Gasteiger partial charge in [-0.3, -0.25) is 9.59 Å². The van der Waals surface area contributed by atoms with Gasteiger partial charge >= 0.3 is 0 Å². The number of amides is 2. The van der Waals surface area contributed by atoms with Gasteiger partial charge in [-0.2, -0.15) is 0 Å². The molecule has 0 saturated heterocycles. The number of nitrogens with two attached hydrogens (primary N) is 1. The van der Waals surface area contributed by atoms with Crippen molar-refractivity contribution in [2.45, 2.75) is 0 Å². The number of aromatic amines is 1. The van der Waals surface area contributed by atoms with Crippen molar-refractivity contribution >= 4 is 17.5 Å². The van der Waals surface area contributed by atoms with E-state index >= 15 is 0 Å². The lowest BCUT2D eigenvalue weighted by atomic mass is 10.3. The summed E-state index contributed by atoms with van der Waals surface area (Å²) in [7, 11) is 4.86. The molecule has 0 spiro atoms. The molecule has 0 aliphatic heterocycles. The lowest BCUT2D eigenvalue weighted by molar-refractivity contribution is -0.129. The van der Waals surface area contributed by atoms with Crippen LogP contribution in [0.4, 0.5) is 5.69 Å². The molecule has 88 valence electrons. The highest BCUT2D eigenvalue weighted by molar-refractivity contribution is 5.95. The van der Waals surface area contributed by atoms with E-state index in [2.05, 4.69) is 4.98 Å². The minimum absolute atomic E-state index is 0.0464. The summed E-state index contributed by atoms with van der Waals surface area (Å²) in [4.78, 5) is 28.7. The highest BCUT2D eigenvalue weighted by Gasteiger charge is 2.16. The quantitative estimate of drug-likeness (QED) is 0.743. The fraction of sp³-hybridized carbons (Fsp3) is 0.400. The number of aromatic nitrogens is 1. The zero-order chi connectivity index (χ0) is 12.3. The molecule has 0 atom stereocenters. The number of likely N-dealkylation sites (N-methyl/N-ethyl adjacent to an activating group) is 2. The van der Waals surface area contributed by atoms with Gasteiger partial charge in [0.2, 0.25) is 5.91 Å². The van der Waals surface area contributed by atoms with Crippen LogP contribution in [0.15, 0.2) is 12.3 Å². The molecule has 1 aromatic rings. The second-order valence-corrected chi connectivity index (χ2v) is 3.80. The highest BCUT2D eigenvalue weighted by atomic mass is 16.2. The summed E-state index contributed by atoms with van der Waals surface area (Å²) in [6.07, 6.45) is 1.54. The molecule has 1 rings (SSSR count). The lowest BCUT2D eigenvalue weighted by Crippen LogP contribution is -2.37. The minimum Gasteiger partial charge on any atom is -0.397 e. The monoisotopic (exact) mass is 224 g/mol. The summed E-state index contributed by atoms with van der Waals surface area (Å²) in [6.45, 7) is 0.0464. The average Bonchev–Trinajstić information content (AvgIpc) is 2.63. The first-order chi connectivity index (χ1) is 7.41. The van der Waals surface area contributed by atoms with Crippen LogP contribution in [-0.4, -0.2) is 54.3 Å². The maximum atomic E-state index is 11.8. The Morgan fingerprint density at radius 3 is 2.44 bits per heavy atom. The molecule has 3 N–H and O–H groups in total. The van der Waals surface area contributed by atoms with E-state index in [4.69, 9.17) is 5.73 Å². The zero-order valence-electron chi connectivity index (χ0n) is 9.65. The zero-order valence-corrected chi connectivity index (χ0v) is 9.65. The maximum absolute atomic E-state index is 11.8. The van der Waals surface area contributed by atoms with Gasteiger partial charge in [0.25, 0.3) is 5.91 Å². The molecule has 0 unspecified atom stereocenters. The molecule has 0 aromatic carbocycles. The van der Waals surface area contributed by atoms with Gasteiger partial charge in [0.1, 0.15) is 5.69 Å². The number of hydrogen-bond donors (Lipinski definition) is 2. The standard InChI is InChI=1S/C10H16N4O2/c1-13(2)9(15)6-14(3)10(16)8-4-7(11)5-12-8/h4-5,12H,6,11H2,1-3H3. The van der Waals surface area contributed by atoms with Gasteiger partial charge in [-0.25, -0.2) is 0 Å². The fourth-order valence-corrected chi connectivity index (χ4v) is 1.16. The van der Waals surface area contributed by atoms with Crippen molar-refractivity contribution in [3.05, 3.63) is 18.0 Å². The van der Waals surface area contributed by atoms with Crippen LogP contribution in [0.1, 0.15) is 10.5 Å². The predicted octanol–water partition coefficient (Wildman–Crippen LogP) is -0.243. The Labute approximate surface area is 94.0 Å². The van der Waals surface area contributed by atoms with Gasteiger partial charge in [0, 0.05) is 33.0 Å². The molecule has 0 aliphatic carbocycles. The number of nitrogen functional groups attached to an aromatic ring is 1. The summed E-state index contributed by atoms with van der Waals surface area (Å²) < 4.78 is 0. The van der Waals surface area contributed by atoms with Crippen LogP contribution in [0.5, 0.6) is 0 Å². The predicted molar refractivity (Wildman–Crippen MR) is 60.9 cm³/mol. The van der Waals surface area contributed by atoms with Gasteiger partial charge in [0.15, 0.2) is 0 Å². The van der Waals surface area contributed by atoms with E-state index in [0.29, 0.717) is 11.4 Å². The number of H-pyrrole nitrogens is 1. The van der Waals surface area contributed by atoms with E-state index in [-0.39, 0.29) is 18.4 Å². The van der Waals surface area contributed by atoms with E-state index in [1.807, 2.05) is 0 Å². The van der Waals surface area contributed by atoms with Crippen molar-refractivity contribution in [2.24, 2.45) is 0 Å². The molecule has 1 aromatic heterocycles. The van der Waals surface area contributed by atoms with Crippen molar-refractivity contribution in [1.82, 2.24) is 14.8 Å². The number of carbonyl (C=O) groups is 2. The second kappa shape index (κ2) is 4.69. The number of nitrogens with zero attached hydrogens (tertiary/aromatic N) is 2.